The monoisotopic (exact) mass is 320 g/mol. The summed E-state index contributed by atoms with van der Waals surface area (Å²) in [5, 5.41) is 8.72. The van der Waals surface area contributed by atoms with E-state index in [0.717, 1.165) is 26.3 Å². The third kappa shape index (κ3) is 1.72. The van der Waals surface area contributed by atoms with Gasteiger partial charge >= 0.3 is 0 Å². The molecule has 0 spiro atoms. The predicted octanol–water partition coefficient (Wildman–Crippen LogP) is 2.22. The predicted molar refractivity (Wildman–Crippen MR) is 64.8 cm³/mol. The Labute approximate surface area is 98.9 Å². The maximum absolute atomic E-state index is 4.39. The molecule has 4 nitrogen and oxygen atoms in total. The van der Waals surface area contributed by atoms with Gasteiger partial charge in [-0.05, 0) is 41.4 Å². The van der Waals surface area contributed by atoms with Crippen LogP contribution in [-0.4, -0.2) is 21.1 Å². The Morgan fingerprint density at radius 1 is 1.64 bits per heavy atom. The molecule has 1 saturated carbocycles. The van der Waals surface area contributed by atoms with Crippen molar-refractivity contribution in [2.45, 2.75) is 12.8 Å². The zero-order valence-corrected chi connectivity index (χ0v) is 10.4. The van der Waals surface area contributed by atoms with E-state index >= 15 is 0 Å². The molecule has 2 heterocycles. The van der Waals surface area contributed by atoms with Gasteiger partial charge in [-0.1, -0.05) is 11.3 Å². The third-order valence-corrected chi connectivity index (χ3v) is 3.65. The highest BCUT2D eigenvalue weighted by molar-refractivity contribution is 14.1. The number of imidazole rings is 1. The second-order valence-electron chi connectivity index (χ2n) is 3.52. The van der Waals surface area contributed by atoms with Crippen LogP contribution in [0, 0.1) is 9.62 Å². The topological polar surface area (TPSA) is 42.2 Å². The highest BCUT2D eigenvalue weighted by Gasteiger charge is 2.21. The molecule has 0 radical (unpaired) electrons. The molecular weight excluding hydrogens is 311 g/mol. The minimum Gasteiger partial charge on any atom is -0.360 e. The second-order valence-corrected chi connectivity index (χ2v) is 5.58. The maximum Gasteiger partial charge on any atom is 0.214 e. The second kappa shape index (κ2) is 3.34. The summed E-state index contributed by atoms with van der Waals surface area (Å²) in [7, 11) is 0. The molecule has 1 N–H and O–H groups in total. The number of fused-ring (bicyclic) bond motifs is 1. The van der Waals surface area contributed by atoms with Crippen LogP contribution in [0.5, 0.6) is 0 Å². The van der Waals surface area contributed by atoms with Crippen molar-refractivity contribution in [2.75, 3.05) is 11.9 Å². The molecule has 1 fully saturated rings. The fourth-order valence-corrected chi connectivity index (χ4v) is 2.74. The molecule has 74 valence electrons. The molecule has 0 bridgehead atoms. The van der Waals surface area contributed by atoms with E-state index in [1.807, 2.05) is 10.7 Å². The van der Waals surface area contributed by atoms with Gasteiger partial charge in [0.2, 0.25) is 10.1 Å². The molecule has 0 aromatic carbocycles. The lowest BCUT2D eigenvalue weighted by molar-refractivity contribution is 0.874. The first-order valence-electron chi connectivity index (χ1n) is 4.57. The van der Waals surface area contributed by atoms with Crippen LogP contribution in [0.2, 0.25) is 0 Å². The first kappa shape index (κ1) is 8.90. The van der Waals surface area contributed by atoms with E-state index in [2.05, 4.69) is 38.0 Å². The van der Waals surface area contributed by atoms with Crippen LogP contribution in [0.25, 0.3) is 4.96 Å². The first-order valence-corrected chi connectivity index (χ1v) is 6.46. The van der Waals surface area contributed by atoms with Crippen molar-refractivity contribution < 1.29 is 0 Å². The van der Waals surface area contributed by atoms with E-state index in [4.69, 9.17) is 0 Å². The molecule has 1 aliphatic carbocycles. The van der Waals surface area contributed by atoms with Gasteiger partial charge < -0.3 is 5.32 Å². The number of nitrogens with one attached hydrogen (secondary N) is 1. The van der Waals surface area contributed by atoms with E-state index in [1.54, 1.807) is 11.3 Å². The lowest BCUT2D eigenvalue weighted by Gasteiger charge is -1.96. The van der Waals surface area contributed by atoms with Gasteiger partial charge in [0.25, 0.3) is 0 Å². The van der Waals surface area contributed by atoms with E-state index in [-0.39, 0.29) is 0 Å². The van der Waals surface area contributed by atoms with Crippen LogP contribution in [0.3, 0.4) is 0 Å². The molecule has 2 aromatic heterocycles. The zero-order chi connectivity index (χ0) is 9.54. The van der Waals surface area contributed by atoms with Crippen LogP contribution in [-0.2, 0) is 0 Å². The summed E-state index contributed by atoms with van der Waals surface area (Å²) in [5.74, 6) is 0.881. The lowest BCUT2D eigenvalue weighted by atomic mass is 10.4. The summed E-state index contributed by atoms with van der Waals surface area (Å²) in [5.41, 5.74) is 0. The van der Waals surface area contributed by atoms with Crippen LogP contribution in [0.4, 0.5) is 5.13 Å². The first-order chi connectivity index (χ1) is 6.81. The summed E-state index contributed by atoms with van der Waals surface area (Å²) in [6, 6.07) is 0. The minimum absolute atomic E-state index is 0.881. The van der Waals surface area contributed by atoms with E-state index < -0.39 is 0 Å². The Kier molecular flexibility index (Phi) is 2.12. The quantitative estimate of drug-likeness (QED) is 0.882. The molecule has 14 heavy (non-hydrogen) atoms. The summed E-state index contributed by atoms with van der Waals surface area (Å²) >= 11 is 3.81. The third-order valence-electron chi connectivity index (χ3n) is 2.25. The number of nitrogens with zero attached hydrogens (tertiary/aromatic N) is 3. The molecular formula is C8H9IN4S. The number of anilines is 1. The Hall–Kier alpha value is -0.370. The van der Waals surface area contributed by atoms with Crippen molar-refractivity contribution in [3.05, 3.63) is 9.90 Å². The minimum atomic E-state index is 0.881. The average molecular weight is 320 g/mol. The van der Waals surface area contributed by atoms with E-state index in [0.29, 0.717) is 0 Å². The van der Waals surface area contributed by atoms with Gasteiger partial charge in [-0.15, -0.1) is 5.10 Å². The van der Waals surface area contributed by atoms with E-state index in [1.165, 1.54) is 12.8 Å². The fourth-order valence-electron chi connectivity index (χ4n) is 1.30. The molecule has 6 heteroatoms. The van der Waals surface area contributed by atoms with Crippen LogP contribution >= 0.6 is 33.9 Å². The normalized spacial score (nSPS) is 16.4. The van der Waals surface area contributed by atoms with Crippen LogP contribution in [0.15, 0.2) is 6.20 Å². The van der Waals surface area contributed by atoms with Crippen molar-refractivity contribution >= 4 is 44.0 Å². The summed E-state index contributed by atoms with van der Waals surface area (Å²) in [6.45, 7) is 1.06. The van der Waals surface area contributed by atoms with Gasteiger partial charge in [0.05, 0.1) is 6.20 Å². The van der Waals surface area contributed by atoms with Crippen molar-refractivity contribution in [3.63, 3.8) is 0 Å². The van der Waals surface area contributed by atoms with E-state index in [9.17, 15) is 0 Å². The maximum atomic E-state index is 4.39. The largest absolute Gasteiger partial charge is 0.360 e. The van der Waals surface area contributed by atoms with Crippen LogP contribution in [0.1, 0.15) is 12.8 Å². The number of aromatic nitrogens is 3. The van der Waals surface area contributed by atoms with Crippen molar-refractivity contribution in [1.82, 2.24) is 14.6 Å². The van der Waals surface area contributed by atoms with Gasteiger partial charge in [0.15, 0.2) is 0 Å². The van der Waals surface area contributed by atoms with Gasteiger partial charge in [-0.25, -0.2) is 9.50 Å². The Morgan fingerprint density at radius 3 is 3.21 bits per heavy atom. The highest BCUT2D eigenvalue weighted by atomic mass is 127. The zero-order valence-electron chi connectivity index (χ0n) is 7.40. The van der Waals surface area contributed by atoms with Gasteiger partial charge in [0, 0.05) is 6.54 Å². The number of halogens is 1. The van der Waals surface area contributed by atoms with Gasteiger partial charge in [-0.2, -0.15) is 0 Å². The molecule has 0 saturated heterocycles. The standard InChI is InChI=1S/C8H9IN4S/c9-6-4-13-8(11-6)14-7(12-13)10-3-5-1-2-5/h4-5H,1-3H2,(H,10,12). The average Bonchev–Trinajstić information content (AvgIpc) is 2.80. The molecule has 2 aromatic rings. The molecule has 0 atom stereocenters. The lowest BCUT2D eigenvalue weighted by Crippen LogP contribution is -2.02. The van der Waals surface area contributed by atoms with Crippen molar-refractivity contribution in [1.29, 1.82) is 0 Å². The SMILES string of the molecule is Ic1cn2nc(NCC3CC3)sc2n1. The Morgan fingerprint density at radius 2 is 2.50 bits per heavy atom. The Balaban J connectivity index is 1.79. The number of hydrogen-bond acceptors (Lipinski definition) is 4. The summed E-state index contributed by atoms with van der Waals surface area (Å²) in [4.78, 5) is 5.31. The Bertz CT molecular complexity index is 427. The smallest absolute Gasteiger partial charge is 0.214 e. The summed E-state index contributed by atoms with van der Waals surface area (Å²) in [6.07, 6.45) is 4.68. The van der Waals surface area contributed by atoms with Crippen molar-refractivity contribution in [2.24, 2.45) is 5.92 Å². The van der Waals surface area contributed by atoms with Gasteiger partial charge in [0.1, 0.15) is 3.70 Å². The highest BCUT2D eigenvalue weighted by Crippen LogP contribution is 2.29. The van der Waals surface area contributed by atoms with Gasteiger partial charge in [-0.3, -0.25) is 0 Å². The molecule has 3 rings (SSSR count). The van der Waals surface area contributed by atoms with Crippen molar-refractivity contribution in [3.8, 4) is 0 Å². The fraction of sp³-hybridized carbons (Fsp3) is 0.500. The molecule has 1 aliphatic rings. The molecule has 0 amide bonds. The molecule has 0 unspecified atom stereocenters. The van der Waals surface area contributed by atoms with Crippen LogP contribution < -0.4 is 5.32 Å². The number of hydrogen-bond donors (Lipinski definition) is 1. The molecule has 0 aliphatic heterocycles. The number of rotatable bonds is 3. The summed E-state index contributed by atoms with van der Waals surface area (Å²) < 4.78 is 2.83.